The molecule has 0 radical (unpaired) electrons. The molecule has 2 nitrogen and oxygen atoms in total. The Labute approximate surface area is 122 Å². The lowest BCUT2D eigenvalue weighted by atomic mass is 9.78. The summed E-state index contributed by atoms with van der Waals surface area (Å²) in [6.45, 7) is 4.72. The van der Waals surface area contributed by atoms with E-state index in [2.05, 4.69) is 31.3 Å². The van der Waals surface area contributed by atoms with E-state index in [1.165, 1.54) is 19.3 Å². The van der Waals surface area contributed by atoms with Crippen LogP contribution in [0.25, 0.3) is 0 Å². The van der Waals surface area contributed by atoms with Crippen molar-refractivity contribution in [3.63, 3.8) is 0 Å². The molecule has 1 aliphatic rings. The second-order valence-electron chi connectivity index (χ2n) is 6.08. The molecule has 1 aliphatic carbocycles. The normalized spacial score (nSPS) is 27.1. The number of nitrogens with one attached hydrogen (secondary N) is 1. The summed E-state index contributed by atoms with van der Waals surface area (Å²) >= 11 is 6.33. The van der Waals surface area contributed by atoms with Crippen LogP contribution in [0.3, 0.4) is 0 Å². The second kappa shape index (κ2) is 6.04. The zero-order valence-electron chi connectivity index (χ0n) is 12.4. The Kier molecular flexibility index (Phi) is 4.62. The molecule has 1 saturated carbocycles. The van der Waals surface area contributed by atoms with Gasteiger partial charge in [-0.15, -0.1) is 0 Å². The number of benzene rings is 1. The Morgan fingerprint density at radius 3 is 2.58 bits per heavy atom. The Hall–Kier alpha value is -0.890. The van der Waals surface area contributed by atoms with Crippen LogP contribution in [0, 0.1) is 11.8 Å². The van der Waals surface area contributed by atoms with Crippen LogP contribution in [0.4, 0.5) is 11.4 Å². The third-order valence-electron chi connectivity index (χ3n) is 4.49. The minimum absolute atomic E-state index is 0.574. The molecule has 0 aromatic heterocycles. The van der Waals surface area contributed by atoms with E-state index in [-0.39, 0.29) is 0 Å². The molecule has 0 saturated heterocycles. The number of hydrogen-bond donors (Lipinski definition) is 1. The summed E-state index contributed by atoms with van der Waals surface area (Å²) in [5, 5.41) is 4.48. The largest absolute Gasteiger partial charge is 0.382 e. The summed E-state index contributed by atoms with van der Waals surface area (Å²) in [4.78, 5) is 2.04. The Bertz CT molecular complexity index is 431. The summed E-state index contributed by atoms with van der Waals surface area (Å²) in [6.07, 6.45) is 3.95. The molecule has 0 amide bonds. The fraction of sp³-hybridized carbons (Fsp3) is 0.625. The molecule has 1 N–H and O–H groups in total. The second-order valence-corrected chi connectivity index (χ2v) is 6.49. The topological polar surface area (TPSA) is 15.3 Å². The van der Waals surface area contributed by atoms with Crippen molar-refractivity contribution in [3.8, 4) is 0 Å². The molecular formula is C16H25ClN2. The van der Waals surface area contributed by atoms with E-state index in [1.807, 2.05) is 25.1 Å². The van der Waals surface area contributed by atoms with Crippen molar-refractivity contribution in [3.05, 3.63) is 23.2 Å². The van der Waals surface area contributed by atoms with Crippen LogP contribution < -0.4 is 10.2 Å². The molecule has 1 aromatic carbocycles. The maximum Gasteiger partial charge on any atom is 0.0659 e. The lowest BCUT2D eigenvalue weighted by Gasteiger charge is -2.35. The summed E-state index contributed by atoms with van der Waals surface area (Å²) < 4.78 is 0. The number of anilines is 2. The molecule has 3 heteroatoms. The molecule has 0 aliphatic heterocycles. The lowest BCUT2D eigenvalue weighted by Crippen LogP contribution is -2.34. The molecule has 0 heterocycles. The maximum atomic E-state index is 6.33. The van der Waals surface area contributed by atoms with Crippen molar-refractivity contribution in [2.45, 2.75) is 39.2 Å². The van der Waals surface area contributed by atoms with Crippen LogP contribution in [-0.4, -0.2) is 20.1 Å². The van der Waals surface area contributed by atoms with E-state index >= 15 is 0 Å². The van der Waals surface area contributed by atoms with E-state index in [4.69, 9.17) is 11.6 Å². The fourth-order valence-electron chi connectivity index (χ4n) is 2.96. The SMILES string of the molecule is CC1CCCC(Nc2ccc(N(C)C)c(Cl)c2)C1C. The molecular weight excluding hydrogens is 256 g/mol. The Morgan fingerprint density at radius 1 is 1.21 bits per heavy atom. The zero-order valence-corrected chi connectivity index (χ0v) is 13.2. The zero-order chi connectivity index (χ0) is 14.0. The maximum absolute atomic E-state index is 6.33. The van der Waals surface area contributed by atoms with Gasteiger partial charge < -0.3 is 10.2 Å². The molecule has 106 valence electrons. The third-order valence-corrected chi connectivity index (χ3v) is 4.79. The predicted octanol–water partition coefficient (Wildman–Crippen LogP) is 4.64. The minimum atomic E-state index is 0.574. The van der Waals surface area contributed by atoms with Gasteiger partial charge in [0.15, 0.2) is 0 Å². The van der Waals surface area contributed by atoms with Crippen LogP contribution in [-0.2, 0) is 0 Å². The molecule has 19 heavy (non-hydrogen) atoms. The molecule has 3 atom stereocenters. The van der Waals surface area contributed by atoms with Crippen molar-refractivity contribution in [2.24, 2.45) is 11.8 Å². The summed E-state index contributed by atoms with van der Waals surface area (Å²) in [7, 11) is 4.03. The van der Waals surface area contributed by atoms with Gasteiger partial charge >= 0.3 is 0 Å². The summed E-state index contributed by atoms with van der Waals surface area (Å²) in [6, 6.07) is 6.84. The fourth-order valence-corrected chi connectivity index (χ4v) is 3.31. The molecule has 1 aromatic rings. The van der Waals surface area contributed by atoms with Crippen LogP contribution in [0.15, 0.2) is 18.2 Å². The van der Waals surface area contributed by atoms with Gasteiger partial charge in [0.05, 0.1) is 10.7 Å². The number of halogens is 1. The quantitative estimate of drug-likeness (QED) is 0.867. The minimum Gasteiger partial charge on any atom is -0.382 e. The molecule has 0 bridgehead atoms. The molecule has 0 spiro atoms. The van der Waals surface area contributed by atoms with Gasteiger partial charge in [-0.25, -0.2) is 0 Å². The average Bonchev–Trinajstić information content (AvgIpc) is 2.34. The number of rotatable bonds is 3. The number of nitrogens with zero attached hydrogens (tertiary/aromatic N) is 1. The monoisotopic (exact) mass is 280 g/mol. The van der Waals surface area contributed by atoms with E-state index in [1.54, 1.807) is 0 Å². The highest BCUT2D eigenvalue weighted by Gasteiger charge is 2.26. The third kappa shape index (κ3) is 3.36. The molecule has 1 fully saturated rings. The van der Waals surface area contributed by atoms with Gasteiger partial charge in [0.1, 0.15) is 0 Å². The Balaban J connectivity index is 2.09. The number of hydrogen-bond acceptors (Lipinski definition) is 2. The van der Waals surface area contributed by atoms with Crippen LogP contribution >= 0.6 is 11.6 Å². The van der Waals surface area contributed by atoms with E-state index in [0.29, 0.717) is 6.04 Å². The highest BCUT2D eigenvalue weighted by Crippen LogP contribution is 2.33. The Morgan fingerprint density at radius 2 is 1.95 bits per heavy atom. The van der Waals surface area contributed by atoms with E-state index in [0.717, 1.165) is 28.2 Å². The van der Waals surface area contributed by atoms with Crippen LogP contribution in [0.2, 0.25) is 5.02 Å². The smallest absolute Gasteiger partial charge is 0.0659 e. The van der Waals surface area contributed by atoms with Crippen molar-refractivity contribution in [2.75, 3.05) is 24.3 Å². The van der Waals surface area contributed by atoms with Gasteiger partial charge in [0.2, 0.25) is 0 Å². The van der Waals surface area contributed by atoms with Crippen molar-refractivity contribution in [1.29, 1.82) is 0 Å². The summed E-state index contributed by atoms with van der Waals surface area (Å²) in [5.74, 6) is 1.53. The van der Waals surface area contributed by atoms with Gasteiger partial charge in [-0.3, -0.25) is 0 Å². The van der Waals surface area contributed by atoms with Crippen molar-refractivity contribution in [1.82, 2.24) is 0 Å². The highest BCUT2D eigenvalue weighted by molar-refractivity contribution is 6.33. The van der Waals surface area contributed by atoms with Gasteiger partial charge in [-0.1, -0.05) is 38.3 Å². The first-order valence-electron chi connectivity index (χ1n) is 7.22. The van der Waals surface area contributed by atoms with Gasteiger partial charge in [0.25, 0.3) is 0 Å². The molecule has 2 rings (SSSR count). The standard InChI is InChI=1S/C16H25ClN2/c1-11-6-5-7-15(12(11)2)18-13-8-9-16(19(3)4)14(17)10-13/h8-12,15,18H,5-7H2,1-4H3. The van der Waals surface area contributed by atoms with Crippen LogP contribution in [0.1, 0.15) is 33.1 Å². The van der Waals surface area contributed by atoms with Crippen molar-refractivity contribution < 1.29 is 0 Å². The first kappa shape index (κ1) is 14.5. The van der Waals surface area contributed by atoms with Gasteiger partial charge in [-0.05, 0) is 36.5 Å². The van der Waals surface area contributed by atoms with E-state index in [9.17, 15) is 0 Å². The lowest BCUT2D eigenvalue weighted by molar-refractivity contribution is 0.253. The van der Waals surface area contributed by atoms with Crippen molar-refractivity contribution >= 4 is 23.0 Å². The first-order valence-corrected chi connectivity index (χ1v) is 7.60. The van der Waals surface area contributed by atoms with Gasteiger partial charge in [0, 0.05) is 25.8 Å². The molecule has 3 unspecified atom stereocenters. The van der Waals surface area contributed by atoms with E-state index < -0.39 is 0 Å². The van der Waals surface area contributed by atoms with Gasteiger partial charge in [-0.2, -0.15) is 0 Å². The van der Waals surface area contributed by atoms with Crippen LogP contribution in [0.5, 0.6) is 0 Å². The predicted molar refractivity (Wildman–Crippen MR) is 85.4 cm³/mol. The summed E-state index contributed by atoms with van der Waals surface area (Å²) in [5.41, 5.74) is 2.21. The highest BCUT2D eigenvalue weighted by atomic mass is 35.5. The first-order chi connectivity index (χ1) is 8.99. The average molecular weight is 281 g/mol.